The molecule has 0 bridgehead atoms. The van der Waals surface area contributed by atoms with Crippen LogP contribution in [0.5, 0.6) is 11.5 Å². The highest BCUT2D eigenvalue weighted by molar-refractivity contribution is 5.79. The molecule has 1 heterocycles. The van der Waals surface area contributed by atoms with Crippen LogP contribution >= 0.6 is 0 Å². The molecule has 3 rings (SSSR count). The van der Waals surface area contributed by atoms with Crippen LogP contribution in [-0.2, 0) is 16.0 Å². The molecule has 1 saturated heterocycles. The van der Waals surface area contributed by atoms with Gasteiger partial charge in [0.1, 0.15) is 11.5 Å². The lowest BCUT2D eigenvalue weighted by atomic mass is 10.1. The fourth-order valence-electron chi connectivity index (χ4n) is 3.35. The second-order valence-corrected chi connectivity index (χ2v) is 7.21. The summed E-state index contributed by atoms with van der Waals surface area (Å²) in [5.41, 5.74) is 2.21. The predicted molar refractivity (Wildman–Crippen MR) is 111 cm³/mol. The minimum absolute atomic E-state index is 0.0227. The van der Waals surface area contributed by atoms with Crippen molar-refractivity contribution in [3.05, 3.63) is 59.7 Å². The molecule has 0 saturated carbocycles. The van der Waals surface area contributed by atoms with Crippen molar-refractivity contribution >= 4 is 11.8 Å². The molecule has 1 aliphatic rings. The maximum atomic E-state index is 12.5. The van der Waals surface area contributed by atoms with E-state index in [0.717, 1.165) is 16.9 Å². The van der Waals surface area contributed by atoms with Crippen molar-refractivity contribution in [1.82, 2.24) is 9.80 Å². The number of piperazine rings is 1. The Morgan fingerprint density at radius 2 is 1.55 bits per heavy atom. The first-order valence-corrected chi connectivity index (χ1v) is 9.93. The lowest BCUT2D eigenvalue weighted by Crippen LogP contribution is -2.51. The molecule has 2 amide bonds. The lowest BCUT2D eigenvalue weighted by Gasteiger charge is -2.34. The average Bonchev–Trinajstić information content (AvgIpc) is 2.76. The molecule has 0 unspecified atom stereocenters. The summed E-state index contributed by atoms with van der Waals surface area (Å²) in [5, 5.41) is 0. The number of nitrogens with zero attached hydrogens (tertiary/aromatic N) is 2. The van der Waals surface area contributed by atoms with Gasteiger partial charge in [-0.3, -0.25) is 9.59 Å². The van der Waals surface area contributed by atoms with Gasteiger partial charge in [0.2, 0.25) is 5.91 Å². The molecule has 0 aliphatic carbocycles. The first-order chi connectivity index (χ1) is 14.0. The normalized spacial score (nSPS) is 13.9. The summed E-state index contributed by atoms with van der Waals surface area (Å²) in [6.45, 7) is 4.23. The molecule has 0 aromatic heterocycles. The molecule has 0 atom stereocenters. The number of aryl methyl sites for hydroxylation is 2. The molecule has 154 valence electrons. The minimum atomic E-state index is -0.0446. The first-order valence-electron chi connectivity index (χ1n) is 9.93. The van der Waals surface area contributed by atoms with Crippen molar-refractivity contribution in [3.8, 4) is 11.5 Å². The highest BCUT2D eigenvalue weighted by Gasteiger charge is 2.24. The number of carbonyl (C=O) groups is 2. The number of hydrogen-bond donors (Lipinski definition) is 0. The van der Waals surface area contributed by atoms with E-state index in [1.165, 1.54) is 0 Å². The van der Waals surface area contributed by atoms with E-state index in [0.29, 0.717) is 44.8 Å². The fourth-order valence-corrected chi connectivity index (χ4v) is 3.35. The Labute approximate surface area is 172 Å². The van der Waals surface area contributed by atoms with E-state index >= 15 is 0 Å². The predicted octanol–water partition coefficient (Wildman–Crippen LogP) is 2.69. The van der Waals surface area contributed by atoms with Crippen LogP contribution in [0.25, 0.3) is 0 Å². The standard InChI is InChI=1S/C23H28N2O4/c1-18-4-3-5-21(16-18)29-17-23(27)25-14-12-24(13-15-25)22(26)11-8-19-6-9-20(28-2)10-7-19/h3-7,9-10,16H,8,11-15,17H2,1-2H3. The van der Waals surface area contributed by atoms with Crippen molar-refractivity contribution in [3.63, 3.8) is 0 Å². The van der Waals surface area contributed by atoms with Crippen molar-refractivity contribution in [2.45, 2.75) is 19.8 Å². The largest absolute Gasteiger partial charge is 0.497 e. The summed E-state index contributed by atoms with van der Waals surface area (Å²) >= 11 is 0. The molecule has 2 aromatic rings. The molecule has 29 heavy (non-hydrogen) atoms. The second-order valence-electron chi connectivity index (χ2n) is 7.21. The van der Waals surface area contributed by atoms with Gasteiger partial charge in [-0.2, -0.15) is 0 Å². The summed E-state index contributed by atoms with van der Waals surface area (Å²) in [6.07, 6.45) is 1.17. The number of carbonyl (C=O) groups excluding carboxylic acids is 2. The van der Waals surface area contributed by atoms with Crippen LogP contribution in [0.15, 0.2) is 48.5 Å². The number of ether oxygens (including phenoxy) is 2. The molecular weight excluding hydrogens is 368 g/mol. The Hall–Kier alpha value is -3.02. The Morgan fingerprint density at radius 3 is 2.17 bits per heavy atom. The Balaban J connectivity index is 1.39. The number of rotatable bonds is 7. The van der Waals surface area contributed by atoms with Gasteiger partial charge < -0.3 is 19.3 Å². The molecule has 1 fully saturated rings. The zero-order valence-corrected chi connectivity index (χ0v) is 17.1. The van der Waals surface area contributed by atoms with Gasteiger partial charge in [0, 0.05) is 32.6 Å². The Morgan fingerprint density at radius 1 is 0.897 bits per heavy atom. The van der Waals surface area contributed by atoms with Gasteiger partial charge in [-0.05, 0) is 48.7 Å². The molecule has 6 nitrogen and oxygen atoms in total. The van der Waals surface area contributed by atoms with Gasteiger partial charge in [0.25, 0.3) is 5.91 Å². The van der Waals surface area contributed by atoms with Crippen LogP contribution < -0.4 is 9.47 Å². The summed E-state index contributed by atoms with van der Waals surface area (Å²) in [4.78, 5) is 28.5. The van der Waals surface area contributed by atoms with Crippen molar-refractivity contribution in [1.29, 1.82) is 0 Å². The van der Waals surface area contributed by atoms with E-state index in [2.05, 4.69) is 0 Å². The summed E-state index contributed by atoms with van der Waals surface area (Å²) in [5.74, 6) is 1.60. The van der Waals surface area contributed by atoms with Crippen LogP contribution in [0.4, 0.5) is 0 Å². The van der Waals surface area contributed by atoms with Crippen molar-refractivity contribution in [2.75, 3.05) is 39.9 Å². The van der Waals surface area contributed by atoms with Gasteiger partial charge in [-0.1, -0.05) is 24.3 Å². The van der Waals surface area contributed by atoms with Gasteiger partial charge in [-0.15, -0.1) is 0 Å². The number of benzene rings is 2. The maximum absolute atomic E-state index is 12.5. The van der Waals surface area contributed by atoms with E-state index in [4.69, 9.17) is 9.47 Å². The maximum Gasteiger partial charge on any atom is 0.260 e. The van der Waals surface area contributed by atoms with Crippen LogP contribution in [0.1, 0.15) is 17.5 Å². The van der Waals surface area contributed by atoms with Crippen LogP contribution in [-0.4, -0.2) is 61.5 Å². The molecule has 6 heteroatoms. The molecule has 0 radical (unpaired) electrons. The third-order valence-electron chi connectivity index (χ3n) is 5.12. The molecule has 0 spiro atoms. The van der Waals surface area contributed by atoms with E-state index < -0.39 is 0 Å². The monoisotopic (exact) mass is 396 g/mol. The van der Waals surface area contributed by atoms with Gasteiger partial charge in [-0.25, -0.2) is 0 Å². The van der Waals surface area contributed by atoms with Gasteiger partial charge in [0.15, 0.2) is 6.61 Å². The third kappa shape index (κ3) is 5.98. The molecule has 2 aromatic carbocycles. The molecule has 0 N–H and O–H groups in total. The smallest absolute Gasteiger partial charge is 0.260 e. The van der Waals surface area contributed by atoms with Gasteiger partial charge >= 0.3 is 0 Å². The van der Waals surface area contributed by atoms with Crippen molar-refractivity contribution in [2.24, 2.45) is 0 Å². The minimum Gasteiger partial charge on any atom is -0.497 e. The first kappa shape index (κ1) is 20.7. The van der Waals surface area contributed by atoms with E-state index in [-0.39, 0.29) is 18.4 Å². The summed E-state index contributed by atoms with van der Waals surface area (Å²) < 4.78 is 10.8. The Kier molecular flexibility index (Phi) is 7.11. The molecule has 1 aliphatic heterocycles. The van der Waals surface area contributed by atoms with E-state index in [1.807, 2.05) is 60.4 Å². The zero-order chi connectivity index (χ0) is 20.6. The van der Waals surface area contributed by atoms with Crippen LogP contribution in [0.2, 0.25) is 0 Å². The summed E-state index contributed by atoms with van der Waals surface area (Å²) in [7, 11) is 1.64. The topological polar surface area (TPSA) is 59.1 Å². The Bertz CT molecular complexity index is 827. The number of methoxy groups -OCH3 is 1. The zero-order valence-electron chi connectivity index (χ0n) is 17.1. The fraction of sp³-hybridized carbons (Fsp3) is 0.391. The highest BCUT2D eigenvalue weighted by atomic mass is 16.5. The van der Waals surface area contributed by atoms with E-state index in [1.54, 1.807) is 12.0 Å². The van der Waals surface area contributed by atoms with Crippen molar-refractivity contribution < 1.29 is 19.1 Å². The van der Waals surface area contributed by atoms with Gasteiger partial charge in [0.05, 0.1) is 7.11 Å². The number of hydrogen-bond acceptors (Lipinski definition) is 4. The van der Waals surface area contributed by atoms with E-state index in [9.17, 15) is 9.59 Å². The average molecular weight is 396 g/mol. The number of amides is 2. The van der Waals surface area contributed by atoms with Crippen LogP contribution in [0.3, 0.4) is 0 Å². The highest BCUT2D eigenvalue weighted by Crippen LogP contribution is 2.15. The third-order valence-corrected chi connectivity index (χ3v) is 5.12. The lowest BCUT2D eigenvalue weighted by molar-refractivity contribution is -0.140. The van der Waals surface area contributed by atoms with Crippen LogP contribution in [0, 0.1) is 6.92 Å². The SMILES string of the molecule is COc1ccc(CCC(=O)N2CCN(C(=O)COc3cccc(C)c3)CC2)cc1. The molecular formula is C23H28N2O4. The second kappa shape index (κ2) is 9.96. The quantitative estimate of drug-likeness (QED) is 0.722. The summed E-state index contributed by atoms with van der Waals surface area (Å²) in [6, 6.07) is 15.4.